The molecule has 1 saturated heterocycles. The highest BCUT2D eigenvalue weighted by molar-refractivity contribution is 4.76. The van der Waals surface area contributed by atoms with Gasteiger partial charge in [-0.25, -0.2) is 0 Å². The average molecular weight is 353 g/mol. The largest absolute Gasteiger partial charge is 0.301 e. The molecule has 0 aromatic carbocycles. The quantitative estimate of drug-likeness (QED) is 0.408. The summed E-state index contributed by atoms with van der Waals surface area (Å²) in [6.45, 7) is 21.8. The molecule has 1 heterocycles. The minimum absolute atomic E-state index is 0.439. The van der Waals surface area contributed by atoms with Gasteiger partial charge in [-0.15, -0.1) is 0 Å². The van der Waals surface area contributed by atoms with Crippen LogP contribution in [0.4, 0.5) is 0 Å². The smallest absolute Gasteiger partial charge is 0.0110 e. The maximum absolute atomic E-state index is 2.69. The molecule has 25 heavy (non-hydrogen) atoms. The number of unbranched alkanes of at least 4 members (excludes halogenated alkanes) is 7. The summed E-state index contributed by atoms with van der Waals surface area (Å²) in [6.07, 6.45) is 12.9. The molecule has 0 bridgehead atoms. The minimum Gasteiger partial charge on any atom is -0.301 e. The van der Waals surface area contributed by atoms with Gasteiger partial charge in [-0.3, -0.25) is 0 Å². The summed E-state index contributed by atoms with van der Waals surface area (Å²) in [4.78, 5) is 5.34. The molecule has 0 aliphatic carbocycles. The molecule has 1 rings (SSSR count). The number of rotatable bonds is 11. The first-order chi connectivity index (χ1) is 11.7. The number of piperazine rings is 1. The van der Waals surface area contributed by atoms with Gasteiger partial charge < -0.3 is 9.80 Å². The van der Waals surface area contributed by atoms with Gasteiger partial charge >= 0.3 is 0 Å². The van der Waals surface area contributed by atoms with Crippen LogP contribution in [0.3, 0.4) is 0 Å². The van der Waals surface area contributed by atoms with Gasteiger partial charge in [-0.2, -0.15) is 0 Å². The van der Waals surface area contributed by atoms with E-state index in [0.717, 1.165) is 0 Å². The molecule has 2 nitrogen and oxygen atoms in total. The Hall–Kier alpha value is -0.0800. The number of nitrogens with zero attached hydrogens (tertiary/aromatic N) is 2. The molecule has 0 atom stereocenters. The molecule has 0 unspecified atom stereocenters. The van der Waals surface area contributed by atoms with Crippen LogP contribution in [0.15, 0.2) is 0 Å². The number of hydrogen-bond acceptors (Lipinski definition) is 2. The van der Waals surface area contributed by atoms with Crippen molar-refractivity contribution in [2.45, 2.75) is 99.3 Å². The molecular formula is C23H48N2. The highest BCUT2D eigenvalue weighted by atomic mass is 15.3. The summed E-state index contributed by atoms with van der Waals surface area (Å²) in [5.74, 6) is 0. The van der Waals surface area contributed by atoms with Crippen LogP contribution in [0.25, 0.3) is 0 Å². The van der Waals surface area contributed by atoms with E-state index in [1.165, 1.54) is 97.1 Å². The Kier molecular flexibility index (Phi) is 10.6. The monoisotopic (exact) mass is 352 g/mol. The Bertz CT molecular complexity index is 316. The van der Waals surface area contributed by atoms with E-state index in [9.17, 15) is 0 Å². The molecule has 0 spiro atoms. The zero-order valence-electron chi connectivity index (χ0n) is 18.5. The van der Waals surface area contributed by atoms with E-state index in [-0.39, 0.29) is 0 Å². The first-order valence-corrected chi connectivity index (χ1v) is 11.1. The predicted octanol–water partition coefficient (Wildman–Crippen LogP) is 6.21. The van der Waals surface area contributed by atoms with Crippen molar-refractivity contribution in [2.24, 2.45) is 10.8 Å². The summed E-state index contributed by atoms with van der Waals surface area (Å²) in [7, 11) is 0. The maximum Gasteiger partial charge on any atom is 0.0110 e. The lowest BCUT2D eigenvalue weighted by molar-refractivity contribution is 0.101. The Balaban J connectivity index is 1.88. The van der Waals surface area contributed by atoms with E-state index in [1.54, 1.807) is 0 Å². The topological polar surface area (TPSA) is 6.48 Å². The third-order valence-corrected chi connectivity index (χ3v) is 5.31. The fourth-order valence-corrected chi connectivity index (χ4v) is 3.89. The van der Waals surface area contributed by atoms with Gasteiger partial charge in [-0.05, 0) is 30.2 Å². The van der Waals surface area contributed by atoms with Crippen LogP contribution in [-0.2, 0) is 0 Å². The van der Waals surface area contributed by atoms with Crippen LogP contribution in [0.5, 0.6) is 0 Å². The van der Waals surface area contributed by atoms with E-state index in [2.05, 4.69) is 51.3 Å². The fourth-order valence-electron chi connectivity index (χ4n) is 3.89. The second kappa shape index (κ2) is 11.6. The Morgan fingerprint density at radius 3 is 1.44 bits per heavy atom. The summed E-state index contributed by atoms with van der Waals surface area (Å²) in [6, 6.07) is 0. The maximum atomic E-state index is 2.69. The normalized spacial score (nSPS) is 18.0. The predicted molar refractivity (Wildman–Crippen MR) is 113 cm³/mol. The Morgan fingerprint density at radius 2 is 0.960 bits per heavy atom. The van der Waals surface area contributed by atoms with Crippen LogP contribution in [-0.4, -0.2) is 49.1 Å². The van der Waals surface area contributed by atoms with Crippen molar-refractivity contribution in [1.82, 2.24) is 9.80 Å². The van der Waals surface area contributed by atoms with E-state index in [1.807, 2.05) is 0 Å². The molecule has 1 fully saturated rings. The van der Waals surface area contributed by atoms with Crippen molar-refractivity contribution < 1.29 is 0 Å². The molecule has 1 aliphatic rings. The van der Waals surface area contributed by atoms with E-state index < -0.39 is 0 Å². The standard InChI is InChI=1S/C23H48N2/c1-22(2,3)15-13-11-9-7-8-10-12-14-16-24-17-19-25(20-18-24)21-23(4,5)6/h7-21H2,1-6H3. The van der Waals surface area contributed by atoms with Gasteiger partial charge in [0.1, 0.15) is 0 Å². The minimum atomic E-state index is 0.439. The van der Waals surface area contributed by atoms with E-state index in [0.29, 0.717) is 10.8 Å². The third-order valence-electron chi connectivity index (χ3n) is 5.31. The van der Waals surface area contributed by atoms with Gasteiger partial charge in [0.2, 0.25) is 0 Å². The lowest BCUT2D eigenvalue weighted by Crippen LogP contribution is -2.48. The van der Waals surface area contributed by atoms with E-state index >= 15 is 0 Å². The second-order valence-electron chi connectivity index (χ2n) is 10.8. The molecule has 0 saturated carbocycles. The Labute approximate surface area is 159 Å². The van der Waals surface area contributed by atoms with E-state index in [4.69, 9.17) is 0 Å². The molecule has 0 N–H and O–H groups in total. The lowest BCUT2D eigenvalue weighted by Gasteiger charge is -2.37. The van der Waals surface area contributed by atoms with Crippen molar-refractivity contribution in [3.05, 3.63) is 0 Å². The lowest BCUT2D eigenvalue weighted by atomic mass is 9.89. The van der Waals surface area contributed by atoms with Crippen LogP contribution >= 0.6 is 0 Å². The van der Waals surface area contributed by atoms with Crippen LogP contribution < -0.4 is 0 Å². The highest BCUT2D eigenvalue weighted by Gasteiger charge is 2.21. The van der Waals surface area contributed by atoms with Gasteiger partial charge in [-0.1, -0.05) is 86.5 Å². The second-order valence-corrected chi connectivity index (χ2v) is 10.8. The van der Waals surface area contributed by atoms with Gasteiger partial charge in [0, 0.05) is 32.7 Å². The van der Waals surface area contributed by atoms with Gasteiger partial charge in [0.05, 0.1) is 0 Å². The molecule has 2 heteroatoms. The summed E-state index contributed by atoms with van der Waals surface area (Å²) in [5, 5.41) is 0. The zero-order chi connectivity index (χ0) is 18.8. The van der Waals surface area contributed by atoms with Crippen LogP contribution in [0.1, 0.15) is 99.3 Å². The molecule has 0 aromatic rings. The van der Waals surface area contributed by atoms with Crippen molar-refractivity contribution in [3.8, 4) is 0 Å². The SMILES string of the molecule is CC(C)(C)CCCCCCCCCCN1CCN(CC(C)(C)C)CC1. The molecule has 150 valence electrons. The van der Waals surface area contributed by atoms with Crippen molar-refractivity contribution in [2.75, 3.05) is 39.3 Å². The first-order valence-electron chi connectivity index (χ1n) is 11.1. The summed E-state index contributed by atoms with van der Waals surface area (Å²) in [5.41, 5.74) is 0.965. The highest BCUT2D eigenvalue weighted by Crippen LogP contribution is 2.22. The van der Waals surface area contributed by atoms with Gasteiger partial charge in [0.15, 0.2) is 0 Å². The summed E-state index contributed by atoms with van der Waals surface area (Å²) >= 11 is 0. The zero-order valence-corrected chi connectivity index (χ0v) is 18.5. The van der Waals surface area contributed by atoms with Crippen molar-refractivity contribution in [1.29, 1.82) is 0 Å². The van der Waals surface area contributed by atoms with Gasteiger partial charge in [0.25, 0.3) is 0 Å². The van der Waals surface area contributed by atoms with Crippen LogP contribution in [0, 0.1) is 10.8 Å². The summed E-state index contributed by atoms with van der Waals surface area (Å²) < 4.78 is 0. The molecule has 0 amide bonds. The average Bonchev–Trinajstić information content (AvgIpc) is 2.48. The number of hydrogen-bond donors (Lipinski definition) is 0. The Morgan fingerprint density at radius 1 is 0.520 bits per heavy atom. The molecular weight excluding hydrogens is 304 g/mol. The first kappa shape index (κ1) is 23.0. The van der Waals surface area contributed by atoms with Crippen molar-refractivity contribution >= 4 is 0 Å². The molecule has 1 aliphatic heterocycles. The molecule has 0 radical (unpaired) electrons. The molecule has 0 aromatic heterocycles. The third kappa shape index (κ3) is 13.7. The van der Waals surface area contributed by atoms with Crippen LogP contribution in [0.2, 0.25) is 0 Å². The van der Waals surface area contributed by atoms with Crippen molar-refractivity contribution in [3.63, 3.8) is 0 Å². The fraction of sp³-hybridized carbons (Fsp3) is 1.00.